The van der Waals surface area contributed by atoms with Crippen molar-refractivity contribution in [2.75, 3.05) is 26.2 Å². The third-order valence-corrected chi connectivity index (χ3v) is 5.20. The van der Waals surface area contributed by atoms with Gasteiger partial charge in [0.1, 0.15) is 0 Å². The number of nitrogens with zero attached hydrogens (tertiary/aromatic N) is 4. The summed E-state index contributed by atoms with van der Waals surface area (Å²) in [7, 11) is 0. The van der Waals surface area contributed by atoms with Crippen LogP contribution >= 0.6 is 11.3 Å². The minimum Gasteiger partial charge on any atom is -0.345 e. The van der Waals surface area contributed by atoms with Crippen LogP contribution < -0.4 is 0 Å². The summed E-state index contributed by atoms with van der Waals surface area (Å²) in [5.41, 5.74) is 3.63. The number of fused-ring (bicyclic) bond motifs is 1. The molecule has 0 bridgehead atoms. The van der Waals surface area contributed by atoms with Crippen molar-refractivity contribution in [3.05, 3.63) is 46.2 Å². The summed E-state index contributed by atoms with van der Waals surface area (Å²) in [5, 5.41) is 3.22. The fourth-order valence-corrected chi connectivity index (χ4v) is 3.67. The molecular weight excluding hydrogens is 322 g/mol. The molecular formula is C17H19N5OS. The number of benzene rings is 1. The maximum absolute atomic E-state index is 12.7. The predicted octanol–water partition coefficient (Wildman–Crippen LogP) is 2.29. The molecule has 3 heterocycles. The van der Waals surface area contributed by atoms with E-state index in [0.29, 0.717) is 0 Å². The third kappa shape index (κ3) is 3.05. The second-order valence-electron chi connectivity index (χ2n) is 6.06. The highest BCUT2D eigenvalue weighted by Crippen LogP contribution is 2.16. The van der Waals surface area contributed by atoms with Crippen molar-refractivity contribution >= 4 is 28.3 Å². The van der Waals surface area contributed by atoms with Crippen molar-refractivity contribution in [1.29, 1.82) is 0 Å². The molecule has 2 aromatic heterocycles. The summed E-state index contributed by atoms with van der Waals surface area (Å²) < 4.78 is 0. The molecule has 0 radical (unpaired) electrons. The van der Waals surface area contributed by atoms with E-state index < -0.39 is 0 Å². The standard InChI is InChI=1S/C17H19N5OS/c1-12-20-14(10-24-12)9-21-4-6-22(7-5-21)17(23)13-2-3-15-16(8-13)19-11-18-15/h2-3,8,10-11H,4-7,9H2,1H3,(H,18,19). The number of H-pyrrole nitrogens is 1. The van der Waals surface area contributed by atoms with E-state index in [-0.39, 0.29) is 5.91 Å². The molecule has 1 aliphatic rings. The average molecular weight is 341 g/mol. The summed E-state index contributed by atoms with van der Waals surface area (Å²) in [6.07, 6.45) is 1.65. The summed E-state index contributed by atoms with van der Waals surface area (Å²) >= 11 is 1.69. The number of hydrogen-bond donors (Lipinski definition) is 1. The van der Waals surface area contributed by atoms with Crippen LogP contribution in [0.5, 0.6) is 0 Å². The van der Waals surface area contributed by atoms with Gasteiger partial charge in [0.15, 0.2) is 0 Å². The molecule has 0 unspecified atom stereocenters. The lowest BCUT2D eigenvalue weighted by molar-refractivity contribution is 0.0627. The third-order valence-electron chi connectivity index (χ3n) is 4.38. The van der Waals surface area contributed by atoms with Crippen molar-refractivity contribution in [2.45, 2.75) is 13.5 Å². The highest BCUT2D eigenvalue weighted by molar-refractivity contribution is 7.09. The van der Waals surface area contributed by atoms with Crippen molar-refractivity contribution in [3.63, 3.8) is 0 Å². The topological polar surface area (TPSA) is 65.1 Å². The number of piperazine rings is 1. The first kappa shape index (κ1) is 15.3. The zero-order chi connectivity index (χ0) is 16.5. The van der Waals surface area contributed by atoms with Gasteiger partial charge in [0.2, 0.25) is 0 Å². The Hall–Kier alpha value is -2.25. The van der Waals surface area contributed by atoms with Gasteiger partial charge in [-0.3, -0.25) is 9.69 Å². The van der Waals surface area contributed by atoms with E-state index in [9.17, 15) is 4.79 Å². The van der Waals surface area contributed by atoms with Crippen LogP contribution in [0, 0.1) is 6.92 Å². The molecule has 6 nitrogen and oxygen atoms in total. The summed E-state index contributed by atoms with van der Waals surface area (Å²) in [6.45, 7) is 6.17. The van der Waals surface area contributed by atoms with Gasteiger partial charge < -0.3 is 9.88 Å². The number of amides is 1. The van der Waals surface area contributed by atoms with Crippen LogP contribution in [0.15, 0.2) is 29.9 Å². The van der Waals surface area contributed by atoms with Crippen LogP contribution in [0.4, 0.5) is 0 Å². The first-order valence-corrected chi connectivity index (χ1v) is 8.93. The second-order valence-corrected chi connectivity index (χ2v) is 7.12. The molecule has 1 N–H and O–H groups in total. The van der Waals surface area contributed by atoms with Gasteiger partial charge >= 0.3 is 0 Å². The largest absolute Gasteiger partial charge is 0.345 e. The lowest BCUT2D eigenvalue weighted by Gasteiger charge is -2.34. The van der Waals surface area contributed by atoms with E-state index in [1.807, 2.05) is 30.0 Å². The van der Waals surface area contributed by atoms with E-state index in [4.69, 9.17) is 0 Å². The number of rotatable bonds is 3. The first-order valence-electron chi connectivity index (χ1n) is 8.05. The predicted molar refractivity (Wildman–Crippen MR) is 94.1 cm³/mol. The lowest BCUT2D eigenvalue weighted by Crippen LogP contribution is -2.48. The quantitative estimate of drug-likeness (QED) is 0.794. The zero-order valence-corrected chi connectivity index (χ0v) is 14.3. The Morgan fingerprint density at radius 2 is 2.12 bits per heavy atom. The molecule has 0 atom stereocenters. The molecule has 4 rings (SSSR count). The Morgan fingerprint density at radius 1 is 1.29 bits per heavy atom. The van der Waals surface area contributed by atoms with Gasteiger partial charge in [-0.15, -0.1) is 11.3 Å². The van der Waals surface area contributed by atoms with Gasteiger partial charge in [-0.1, -0.05) is 0 Å². The van der Waals surface area contributed by atoms with Gasteiger partial charge in [-0.2, -0.15) is 0 Å². The maximum atomic E-state index is 12.7. The molecule has 0 saturated carbocycles. The minimum atomic E-state index is 0.0932. The Bertz CT molecular complexity index is 863. The molecule has 124 valence electrons. The van der Waals surface area contributed by atoms with Crippen LogP contribution in [0.3, 0.4) is 0 Å². The summed E-state index contributed by atoms with van der Waals surface area (Å²) in [6, 6.07) is 5.63. The number of thiazole rings is 1. The van der Waals surface area contributed by atoms with Crippen molar-refractivity contribution in [3.8, 4) is 0 Å². The van der Waals surface area contributed by atoms with Gasteiger partial charge in [-0.25, -0.2) is 9.97 Å². The molecule has 0 aliphatic carbocycles. The van der Waals surface area contributed by atoms with Crippen molar-refractivity contribution in [2.24, 2.45) is 0 Å². The van der Waals surface area contributed by atoms with Crippen LogP contribution in [0.25, 0.3) is 11.0 Å². The lowest BCUT2D eigenvalue weighted by atomic mass is 10.1. The maximum Gasteiger partial charge on any atom is 0.254 e. The number of carbonyl (C=O) groups excluding carboxylic acids is 1. The number of aryl methyl sites for hydroxylation is 1. The number of aromatic amines is 1. The Morgan fingerprint density at radius 3 is 2.88 bits per heavy atom. The molecule has 24 heavy (non-hydrogen) atoms. The van der Waals surface area contributed by atoms with E-state index in [2.05, 4.69) is 25.2 Å². The monoisotopic (exact) mass is 341 g/mol. The van der Waals surface area contributed by atoms with Gasteiger partial charge in [0.05, 0.1) is 28.1 Å². The highest BCUT2D eigenvalue weighted by atomic mass is 32.1. The summed E-state index contributed by atoms with van der Waals surface area (Å²) in [4.78, 5) is 28.8. The van der Waals surface area contributed by atoms with Gasteiger partial charge in [-0.05, 0) is 25.1 Å². The zero-order valence-electron chi connectivity index (χ0n) is 13.5. The average Bonchev–Trinajstić information content (AvgIpc) is 3.23. The number of carbonyl (C=O) groups is 1. The molecule has 1 amide bonds. The van der Waals surface area contributed by atoms with Crippen LogP contribution in [-0.2, 0) is 6.54 Å². The van der Waals surface area contributed by atoms with Crippen molar-refractivity contribution in [1.82, 2.24) is 24.8 Å². The fourth-order valence-electron chi connectivity index (χ4n) is 3.07. The van der Waals surface area contributed by atoms with Gasteiger partial charge in [0, 0.05) is 43.7 Å². The SMILES string of the molecule is Cc1nc(CN2CCN(C(=O)c3ccc4nc[nH]c4c3)CC2)cs1. The first-order chi connectivity index (χ1) is 11.7. The second kappa shape index (κ2) is 6.33. The molecule has 7 heteroatoms. The summed E-state index contributed by atoms with van der Waals surface area (Å²) in [5.74, 6) is 0.0932. The van der Waals surface area contributed by atoms with E-state index in [1.54, 1.807) is 17.7 Å². The minimum absolute atomic E-state index is 0.0932. The molecule has 1 aromatic carbocycles. The Labute approximate surface area is 144 Å². The van der Waals surface area contributed by atoms with Gasteiger partial charge in [0.25, 0.3) is 5.91 Å². The highest BCUT2D eigenvalue weighted by Gasteiger charge is 2.22. The number of hydrogen-bond acceptors (Lipinski definition) is 5. The number of aromatic nitrogens is 3. The smallest absolute Gasteiger partial charge is 0.254 e. The van der Waals surface area contributed by atoms with E-state index >= 15 is 0 Å². The van der Waals surface area contributed by atoms with Crippen molar-refractivity contribution < 1.29 is 4.79 Å². The molecule has 1 aliphatic heterocycles. The fraction of sp³-hybridized carbons (Fsp3) is 0.353. The number of nitrogens with one attached hydrogen (secondary N) is 1. The van der Waals surface area contributed by atoms with E-state index in [0.717, 1.165) is 60.0 Å². The normalized spacial score (nSPS) is 16.0. The van der Waals surface area contributed by atoms with Crippen LogP contribution in [0.1, 0.15) is 21.1 Å². The Balaban J connectivity index is 1.38. The van der Waals surface area contributed by atoms with E-state index in [1.165, 1.54) is 0 Å². The number of imidazole rings is 1. The molecule has 1 fully saturated rings. The Kier molecular flexibility index (Phi) is 4.03. The van der Waals surface area contributed by atoms with Crippen LogP contribution in [0.2, 0.25) is 0 Å². The van der Waals surface area contributed by atoms with Crippen LogP contribution in [-0.4, -0.2) is 56.8 Å². The molecule has 1 saturated heterocycles. The molecule has 0 spiro atoms. The molecule has 3 aromatic rings.